The number of nitrogens with zero attached hydrogens (tertiary/aromatic N) is 2. The van der Waals surface area contributed by atoms with E-state index >= 15 is 0 Å². The molecular weight excluding hydrogens is 447 g/mol. The fourth-order valence-corrected chi connectivity index (χ4v) is 2.40. The van der Waals surface area contributed by atoms with E-state index < -0.39 is 0 Å². The predicted molar refractivity (Wildman–Crippen MR) is 112 cm³/mol. The monoisotopic (exact) mass is 474 g/mol. The zero-order valence-electron chi connectivity index (χ0n) is 15.7. The van der Waals surface area contributed by atoms with E-state index in [0.717, 1.165) is 0 Å². The molecule has 0 saturated carbocycles. The number of aliphatic imine (C=N–C) groups is 1. The molecule has 2 rings (SSSR count). The molecule has 1 aromatic rings. The molecule has 0 spiro atoms. The number of guanidine groups is 1. The smallest absolute Gasteiger partial charge is 0.261 e. The molecule has 0 saturated heterocycles. The van der Waals surface area contributed by atoms with Gasteiger partial charge in [0.05, 0.1) is 23.3 Å². The first-order valence-electron chi connectivity index (χ1n) is 8.42. The molecule has 0 fully saturated rings. The number of nitrogens with one attached hydrogen (secondary N) is 2. The summed E-state index contributed by atoms with van der Waals surface area (Å²) in [6, 6.07) is 6.89. The van der Waals surface area contributed by atoms with Gasteiger partial charge in [0.25, 0.3) is 11.8 Å². The zero-order chi connectivity index (χ0) is 18.4. The van der Waals surface area contributed by atoms with Crippen LogP contribution in [0.5, 0.6) is 0 Å². The summed E-state index contributed by atoms with van der Waals surface area (Å²) in [4.78, 5) is 30.4. The van der Waals surface area contributed by atoms with Gasteiger partial charge in [-0.25, -0.2) is 0 Å². The minimum Gasteiger partial charge on any atom is -0.377 e. The van der Waals surface area contributed by atoms with Crippen LogP contribution in [0.4, 0.5) is 0 Å². The molecule has 2 N–H and O–H groups in total. The van der Waals surface area contributed by atoms with Gasteiger partial charge in [0.15, 0.2) is 5.96 Å². The Kier molecular flexibility index (Phi) is 8.48. The Bertz CT molecular complexity index is 641. The lowest BCUT2D eigenvalue weighted by Gasteiger charge is -2.21. The maximum atomic E-state index is 12.3. The van der Waals surface area contributed by atoms with Gasteiger partial charge < -0.3 is 15.4 Å². The van der Waals surface area contributed by atoms with E-state index in [0.29, 0.717) is 36.7 Å². The summed E-state index contributed by atoms with van der Waals surface area (Å²) in [6.45, 7) is 7.80. The molecule has 1 aliphatic rings. The number of benzene rings is 1. The van der Waals surface area contributed by atoms with Gasteiger partial charge in [-0.1, -0.05) is 12.1 Å². The van der Waals surface area contributed by atoms with Crippen molar-refractivity contribution in [1.29, 1.82) is 0 Å². The van der Waals surface area contributed by atoms with Crippen LogP contribution in [0.15, 0.2) is 29.3 Å². The average molecular weight is 474 g/mol. The van der Waals surface area contributed by atoms with E-state index in [1.165, 1.54) is 4.90 Å². The summed E-state index contributed by atoms with van der Waals surface area (Å²) in [6.07, 6.45) is 0. The van der Waals surface area contributed by atoms with E-state index in [2.05, 4.69) is 15.6 Å². The van der Waals surface area contributed by atoms with Crippen molar-refractivity contribution in [2.24, 2.45) is 4.99 Å². The second-order valence-electron chi connectivity index (χ2n) is 6.39. The van der Waals surface area contributed by atoms with E-state index in [-0.39, 0.29) is 47.9 Å². The van der Waals surface area contributed by atoms with Gasteiger partial charge in [-0.2, -0.15) is 0 Å². The van der Waals surface area contributed by atoms with Gasteiger partial charge in [-0.05, 0) is 32.9 Å². The van der Waals surface area contributed by atoms with Crippen LogP contribution in [0.3, 0.4) is 0 Å². The van der Waals surface area contributed by atoms with E-state index in [1.807, 2.05) is 20.8 Å². The fraction of sp³-hybridized carbons (Fsp3) is 0.500. The van der Waals surface area contributed by atoms with Crippen molar-refractivity contribution >= 4 is 41.8 Å². The standard InChI is InChI=1S/C18H26N4O3.HI/c1-5-19-17(21-12-18(2,3)25-4)20-10-11-22-15(23)13-8-6-7-9-14(13)16(22)24;/h6-9H,5,10-12H2,1-4H3,(H2,19,20,21);1H. The highest BCUT2D eigenvalue weighted by Gasteiger charge is 2.34. The van der Waals surface area contributed by atoms with Crippen LogP contribution in [0.1, 0.15) is 41.5 Å². The summed E-state index contributed by atoms with van der Waals surface area (Å²) in [5.41, 5.74) is 0.579. The second-order valence-corrected chi connectivity index (χ2v) is 6.39. The van der Waals surface area contributed by atoms with Crippen LogP contribution in [0, 0.1) is 0 Å². The third kappa shape index (κ3) is 5.41. The molecule has 0 unspecified atom stereocenters. The molecule has 0 aliphatic carbocycles. The number of carbonyl (C=O) groups is 2. The highest BCUT2D eigenvalue weighted by molar-refractivity contribution is 14.0. The van der Waals surface area contributed by atoms with E-state index in [1.54, 1.807) is 31.4 Å². The summed E-state index contributed by atoms with van der Waals surface area (Å²) < 4.78 is 5.36. The molecule has 8 heteroatoms. The van der Waals surface area contributed by atoms with Crippen LogP contribution in [0.25, 0.3) is 0 Å². The topological polar surface area (TPSA) is 83.0 Å². The Labute approximate surface area is 171 Å². The number of carbonyl (C=O) groups excluding carboxylic acids is 2. The molecule has 0 radical (unpaired) electrons. The first-order chi connectivity index (χ1) is 11.9. The quantitative estimate of drug-likeness (QED) is 0.273. The number of methoxy groups -OCH3 is 1. The van der Waals surface area contributed by atoms with Crippen LogP contribution in [0.2, 0.25) is 0 Å². The normalized spacial score (nSPS) is 14.2. The highest BCUT2D eigenvalue weighted by atomic mass is 127. The lowest BCUT2D eigenvalue weighted by Crippen LogP contribution is -2.43. The third-order valence-electron chi connectivity index (χ3n) is 4.02. The maximum absolute atomic E-state index is 12.3. The lowest BCUT2D eigenvalue weighted by atomic mass is 10.1. The van der Waals surface area contributed by atoms with Crippen LogP contribution >= 0.6 is 24.0 Å². The highest BCUT2D eigenvalue weighted by Crippen LogP contribution is 2.21. The van der Waals surface area contributed by atoms with Crippen LogP contribution in [-0.4, -0.2) is 61.6 Å². The Morgan fingerprint density at radius 3 is 2.23 bits per heavy atom. The molecule has 7 nitrogen and oxygen atoms in total. The number of rotatable bonds is 7. The largest absolute Gasteiger partial charge is 0.377 e. The Balaban J connectivity index is 0.00000338. The molecule has 0 aromatic heterocycles. The Hall–Kier alpha value is -1.68. The number of amides is 2. The van der Waals surface area contributed by atoms with Gasteiger partial charge in [-0.15, -0.1) is 24.0 Å². The lowest BCUT2D eigenvalue weighted by molar-refractivity contribution is 0.0310. The van der Waals surface area contributed by atoms with Crippen molar-refractivity contribution in [2.45, 2.75) is 26.4 Å². The maximum Gasteiger partial charge on any atom is 0.261 e. The minimum atomic E-state index is -0.356. The van der Waals surface area contributed by atoms with Gasteiger partial charge in [-0.3, -0.25) is 19.5 Å². The van der Waals surface area contributed by atoms with Crippen LogP contribution in [-0.2, 0) is 4.74 Å². The molecule has 2 amide bonds. The molecule has 1 aliphatic heterocycles. The molecular formula is C18H27IN4O3. The van der Waals surface area contributed by atoms with Gasteiger partial charge in [0, 0.05) is 26.7 Å². The predicted octanol–water partition coefficient (Wildman–Crippen LogP) is 1.88. The van der Waals surface area contributed by atoms with Gasteiger partial charge in [0.2, 0.25) is 0 Å². The van der Waals surface area contributed by atoms with Crippen molar-refractivity contribution < 1.29 is 14.3 Å². The first kappa shape index (κ1) is 22.4. The van der Waals surface area contributed by atoms with Crippen molar-refractivity contribution in [3.8, 4) is 0 Å². The number of hydrogen-bond donors (Lipinski definition) is 2. The molecule has 0 bridgehead atoms. The average Bonchev–Trinajstić information content (AvgIpc) is 2.85. The van der Waals surface area contributed by atoms with Crippen molar-refractivity contribution in [2.75, 3.05) is 33.3 Å². The summed E-state index contributed by atoms with van der Waals surface area (Å²) in [7, 11) is 1.65. The number of halogens is 1. The first-order valence-corrected chi connectivity index (χ1v) is 8.42. The summed E-state index contributed by atoms with van der Waals surface area (Å²) >= 11 is 0. The molecule has 1 aromatic carbocycles. The Morgan fingerprint density at radius 2 is 1.73 bits per heavy atom. The molecule has 1 heterocycles. The SMILES string of the molecule is CCNC(=NCC(C)(C)OC)NCCN1C(=O)c2ccccc2C1=O.I. The molecule has 144 valence electrons. The number of fused-ring (bicyclic) bond motifs is 1. The van der Waals surface area contributed by atoms with Crippen LogP contribution < -0.4 is 10.6 Å². The van der Waals surface area contributed by atoms with Gasteiger partial charge in [0.1, 0.15) is 0 Å². The number of hydrogen-bond acceptors (Lipinski definition) is 4. The van der Waals surface area contributed by atoms with E-state index in [9.17, 15) is 9.59 Å². The number of ether oxygens (including phenoxy) is 1. The molecule has 26 heavy (non-hydrogen) atoms. The number of imide groups is 1. The fourth-order valence-electron chi connectivity index (χ4n) is 2.40. The summed E-state index contributed by atoms with van der Waals surface area (Å²) in [5, 5.41) is 6.29. The Morgan fingerprint density at radius 1 is 1.15 bits per heavy atom. The van der Waals surface area contributed by atoms with E-state index in [4.69, 9.17) is 4.74 Å². The molecule has 0 atom stereocenters. The van der Waals surface area contributed by atoms with Crippen molar-refractivity contribution in [3.05, 3.63) is 35.4 Å². The third-order valence-corrected chi connectivity index (χ3v) is 4.02. The van der Waals surface area contributed by atoms with Gasteiger partial charge >= 0.3 is 0 Å². The zero-order valence-corrected chi connectivity index (χ0v) is 18.0. The second kappa shape index (κ2) is 9.86. The van der Waals surface area contributed by atoms with Crippen molar-refractivity contribution in [3.63, 3.8) is 0 Å². The summed E-state index contributed by atoms with van der Waals surface area (Å²) in [5.74, 6) is 0.138. The van der Waals surface area contributed by atoms with Crippen molar-refractivity contribution in [1.82, 2.24) is 15.5 Å². The minimum absolute atomic E-state index is 0.